The van der Waals surface area contributed by atoms with Crippen molar-refractivity contribution >= 4 is 11.8 Å². The van der Waals surface area contributed by atoms with Gasteiger partial charge < -0.3 is 4.90 Å². The van der Waals surface area contributed by atoms with Crippen molar-refractivity contribution in [2.24, 2.45) is 5.92 Å². The average Bonchev–Trinajstić information content (AvgIpc) is 3.28. The molecule has 0 radical (unpaired) electrons. The quantitative estimate of drug-likeness (QED) is 0.617. The molecule has 20 heavy (non-hydrogen) atoms. The highest BCUT2D eigenvalue weighted by Gasteiger charge is 2.27. The Morgan fingerprint density at radius 3 is 2.20 bits per heavy atom. The third-order valence-electron chi connectivity index (χ3n) is 3.39. The Labute approximate surface area is 120 Å². The Kier molecular flexibility index (Phi) is 4.23. The van der Waals surface area contributed by atoms with Gasteiger partial charge >= 0.3 is 0 Å². The van der Waals surface area contributed by atoms with E-state index in [1.807, 2.05) is 55.4 Å². The number of rotatable bonds is 4. The molecule has 1 aliphatic rings. The van der Waals surface area contributed by atoms with E-state index in [0.717, 1.165) is 29.7 Å². The fraction of sp³-hybridized carbons (Fsp3) is 0.294. The second kappa shape index (κ2) is 6.08. The lowest BCUT2D eigenvalue weighted by molar-refractivity contribution is 1.04. The molecule has 0 unspecified atom stereocenters. The summed E-state index contributed by atoms with van der Waals surface area (Å²) in [6.45, 7) is 0. The first-order valence-corrected chi connectivity index (χ1v) is 6.65. The topological polar surface area (TPSA) is 50.8 Å². The highest BCUT2D eigenvalue weighted by Crippen LogP contribution is 2.38. The van der Waals surface area contributed by atoms with E-state index in [1.54, 1.807) is 0 Å². The van der Waals surface area contributed by atoms with Crippen LogP contribution in [0.15, 0.2) is 41.5 Å². The third kappa shape index (κ3) is 3.28. The summed E-state index contributed by atoms with van der Waals surface area (Å²) in [6, 6.07) is 12.2. The minimum atomic E-state index is 0.244. The Bertz CT molecular complexity index is 602. The largest absolute Gasteiger partial charge is 0.378 e. The van der Waals surface area contributed by atoms with Crippen molar-refractivity contribution in [2.75, 3.05) is 19.0 Å². The molecule has 2 rings (SSSR count). The zero-order valence-corrected chi connectivity index (χ0v) is 11.8. The summed E-state index contributed by atoms with van der Waals surface area (Å²) in [7, 11) is 4.01. The smallest absolute Gasteiger partial charge is 0.133 e. The van der Waals surface area contributed by atoms with Crippen LogP contribution in [0.25, 0.3) is 6.08 Å². The van der Waals surface area contributed by atoms with E-state index in [0.29, 0.717) is 5.92 Å². The van der Waals surface area contributed by atoms with Crippen molar-refractivity contribution in [3.63, 3.8) is 0 Å². The Hall–Kier alpha value is -2.52. The molecule has 0 amide bonds. The SMILES string of the molecule is CN(C)c1ccc(/C=C\C(=C(C#N)C#N)C2CC2)cc1. The van der Waals surface area contributed by atoms with Crippen LogP contribution in [-0.2, 0) is 0 Å². The normalized spacial score (nSPS) is 13.6. The molecule has 1 fully saturated rings. The van der Waals surface area contributed by atoms with Crippen molar-refractivity contribution in [1.29, 1.82) is 10.5 Å². The van der Waals surface area contributed by atoms with Gasteiger partial charge in [-0.15, -0.1) is 0 Å². The molecule has 0 aromatic heterocycles. The first kappa shape index (κ1) is 13.9. The molecule has 0 heterocycles. The van der Waals surface area contributed by atoms with Crippen LogP contribution in [-0.4, -0.2) is 14.1 Å². The maximum absolute atomic E-state index is 9.00. The van der Waals surface area contributed by atoms with E-state index >= 15 is 0 Å². The minimum Gasteiger partial charge on any atom is -0.378 e. The summed E-state index contributed by atoms with van der Waals surface area (Å²) >= 11 is 0. The van der Waals surface area contributed by atoms with Crippen molar-refractivity contribution in [2.45, 2.75) is 12.8 Å². The second-order valence-electron chi connectivity index (χ2n) is 5.15. The van der Waals surface area contributed by atoms with Crippen LogP contribution < -0.4 is 4.90 Å². The lowest BCUT2D eigenvalue weighted by Crippen LogP contribution is -2.07. The molecular formula is C17H17N3. The van der Waals surface area contributed by atoms with Gasteiger partial charge in [0.15, 0.2) is 0 Å². The van der Waals surface area contributed by atoms with Gasteiger partial charge in [-0.2, -0.15) is 10.5 Å². The van der Waals surface area contributed by atoms with Gasteiger partial charge in [0.25, 0.3) is 0 Å². The third-order valence-corrected chi connectivity index (χ3v) is 3.39. The first-order valence-electron chi connectivity index (χ1n) is 6.65. The van der Waals surface area contributed by atoms with Gasteiger partial charge in [0.2, 0.25) is 0 Å². The number of benzene rings is 1. The maximum atomic E-state index is 9.00. The molecule has 0 aliphatic heterocycles. The lowest BCUT2D eigenvalue weighted by Gasteiger charge is -2.11. The Balaban J connectivity index is 2.21. The van der Waals surface area contributed by atoms with Crippen LogP contribution in [0.2, 0.25) is 0 Å². The van der Waals surface area contributed by atoms with Crippen LogP contribution >= 0.6 is 0 Å². The van der Waals surface area contributed by atoms with Gasteiger partial charge in [0, 0.05) is 19.8 Å². The molecule has 0 spiro atoms. The number of hydrogen-bond acceptors (Lipinski definition) is 3. The van der Waals surface area contributed by atoms with Crippen LogP contribution in [0.3, 0.4) is 0 Å². The van der Waals surface area contributed by atoms with E-state index in [4.69, 9.17) is 10.5 Å². The molecule has 1 aliphatic carbocycles. The van der Waals surface area contributed by atoms with Crippen LogP contribution in [0.5, 0.6) is 0 Å². The predicted molar refractivity (Wildman–Crippen MR) is 80.8 cm³/mol. The number of allylic oxidation sites excluding steroid dienone is 3. The van der Waals surface area contributed by atoms with Crippen molar-refractivity contribution < 1.29 is 0 Å². The van der Waals surface area contributed by atoms with Gasteiger partial charge in [-0.3, -0.25) is 0 Å². The zero-order valence-electron chi connectivity index (χ0n) is 11.8. The highest BCUT2D eigenvalue weighted by molar-refractivity contribution is 5.60. The average molecular weight is 263 g/mol. The summed E-state index contributed by atoms with van der Waals surface area (Å²) in [5.74, 6) is 0.390. The lowest BCUT2D eigenvalue weighted by atomic mass is 10.0. The molecular weight excluding hydrogens is 246 g/mol. The van der Waals surface area contributed by atoms with Gasteiger partial charge in [0.05, 0.1) is 0 Å². The molecule has 3 heteroatoms. The molecule has 1 aromatic carbocycles. The van der Waals surface area contributed by atoms with Crippen LogP contribution in [0.1, 0.15) is 18.4 Å². The van der Waals surface area contributed by atoms with E-state index in [-0.39, 0.29) is 5.57 Å². The highest BCUT2D eigenvalue weighted by atomic mass is 15.1. The zero-order chi connectivity index (χ0) is 14.5. The van der Waals surface area contributed by atoms with Crippen molar-refractivity contribution in [1.82, 2.24) is 0 Å². The maximum Gasteiger partial charge on any atom is 0.133 e. The summed E-state index contributed by atoms with van der Waals surface area (Å²) in [5.41, 5.74) is 3.35. The van der Waals surface area contributed by atoms with Crippen molar-refractivity contribution in [3.05, 3.63) is 47.1 Å². The molecule has 0 atom stereocenters. The number of nitrogens with zero attached hydrogens (tertiary/aromatic N) is 3. The summed E-state index contributed by atoms with van der Waals surface area (Å²) in [5, 5.41) is 18.0. The van der Waals surface area contributed by atoms with Gasteiger partial charge in [-0.1, -0.05) is 24.3 Å². The van der Waals surface area contributed by atoms with E-state index in [1.165, 1.54) is 0 Å². The van der Waals surface area contributed by atoms with Gasteiger partial charge in [0.1, 0.15) is 17.7 Å². The van der Waals surface area contributed by atoms with E-state index < -0.39 is 0 Å². The van der Waals surface area contributed by atoms with Gasteiger partial charge in [-0.05, 0) is 42.0 Å². The fourth-order valence-corrected chi connectivity index (χ4v) is 2.04. The Morgan fingerprint density at radius 1 is 1.15 bits per heavy atom. The van der Waals surface area contributed by atoms with Crippen LogP contribution in [0, 0.1) is 28.6 Å². The number of nitriles is 2. The van der Waals surface area contributed by atoms with Crippen LogP contribution in [0.4, 0.5) is 5.69 Å². The molecule has 1 saturated carbocycles. The standard InChI is InChI=1S/C17H17N3/c1-20(2)16-8-3-13(4-9-16)5-10-17(14-6-7-14)15(11-18)12-19/h3-5,8-10,14H,6-7H2,1-2H3/b10-5-. The van der Waals surface area contributed by atoms with Crippen molar-refractivity contribution in [3.8, 4) is 12.1 Å². The molecule has 100 valence electrons. The number of hydrogen-bond donors (Lipinski definition) is 0. The molecule has 0 bridgehead atoms. The second-order valence-corrected chi connectivity index (χ2v) is 5.15. The molecule has 0 N–H and O–H groups in total. The number of anilines is 1. The van der Waals surface area contributed by atoms with E-state index in [2.05, 4.69) is 12.1 Å². The predicted octanol–water partition coefficient (Wildman–Crippen LogP) is 3.52. The molecule has 0 saturated heterocycles. The van der Waals surface area contributed by atoms with E-state index in [9.17, 15) is 0 Å². The molecule has 1 aromatic rings. The fourth-order valence-electron chi connectivity index (χ4n) is 2.04. The Morgan fingerprint density at radius 2 is 1.75 bits per heavy atom. The molecule has 3 nitrogen and oxygen atoms in total. The minimum absolute atomic E-state index is 0.244. The van der Waals surface area contributed by atoms with Gasteiger partial charge in [-0.25, -0.2) is 0 Å². The summed E-state index contributed by atoms with van der Waals surface area (Å²) in [4.78, 5) is 2.05. The first-order chi connectivity index (χ1) is 9.65. The monoisotopic (exact) mass is 263 g/mol. The summed E-state index contributed by atoms with van der Waals surface area (Å²) < 4.78 is 0. The summed E-state index contributed by atoms with van der Waals surface area (Å²) in [6.07, 6.45) is 6.05.